The van der Waals surface area contributed by atoms with E-state index in [1.54, 1.807) is 0 Å². The Labute approximate surface area is 97.9 Å². The lowest BCUT2D eigenvalue weighted by molar-refractivity contribution is -0.122. The molecule has 0 bridgehead atoms. The third kappa shape index (κ3) is 4.15. The van der Waals surface area contributed by atoms with Gasteiger partial charge in [-0.2, -0.15) is 0 Å². The molecule has 2 nitrogen and oxygen atoms in total. The van der Waals surface area contributed by atoms with Crippen molar-refractivity contribution in [2.24, 2.45) is 17.6 Å². The molecule has 2 heteroatoms. The van der Waals surface area contributed by atoms with Crippen molar-refractivity contribution in [1.82, 2.24) is 0 Å². The maximum absolute atomic E-state index is 12.0. The lowest BCUT2D eigenvalue weighted by Crippen LogP contribution is -2.26. The van der Waals surface area contributed by atoms with Crippen LogP contribution in [-0.2, 0) is 11.2 Å². The maximum Gasteiger partial charge on any atom is 0.141 e. The van der Waals surface area contributed by atoms with Crippen LogP contribution >= 0.6 is 0 Å². The van der Waals surface area contributed by atoms with E-state index < -0.39 is 0 Å². The Bertz CT molecular complexity index is 319. The van der Waals surface area contributed by atoms with E-state index in [-0.39, 0.29) is 11.7 Å². The van der Waals surface area contributed by atoms with Crippen LogP contribution in [0.5, 0.6) is 0 Å². The Morgan fingerprint density at radius 2 is 1.88 bits per heavy atom. The second kappa shape index (κ2) is 6.44. The van der Waals surface area contributed by atoms with Gasteiger partial charge >= 0.3 is 0 Å². The van der Waals surface area contributed by atoms with Gasteiger partial charge in [0, 0.05) is 18.9 Å². The van der Waals surface area contributed by atoms with Crippen LogP contribution in [0, 0.1) is 11.8 Å². The molecule has 0 aliphatic heterocycles. The second-order valence-corrected chi connectivity index (χ2v) is 4.69. The molecular weight excluding hydrogens is 198 g/mol. The summed E-state index contributed by atoms with van der Waals surface area (Å²) < 4.78 is 0. The highest BCUT2D eigenvalue weighted by Crippen LogP contribution is 2.14. The summed E-state index contributed by atoms with van der Waals surface area (Å²) in [5.41, 5.74) is 6.73. The molecule has 0 spiro atoms. The number of carbonyl (C=O) groups excluding carboxylic acids is 1. The number of hydrogen-bond donors (Lipinski definition) is 1. The fraction of sp³-hybridized carbons (Fsp3) is 0.500. The molecule has 0 aromatic heterocycles. The van der Waals surface area contributed by atoms with Crippen LogP contribution in [0.4, 0.5) is 0 Å². The number of nitrogens with two attached hydrogens (primary N) is 1. The Balaban J connectivity index is 2.56. The van der Waals surface area contributed by atoms with E-state index >= 15 is 0 Å². The minimum Gasteiger partial charge on any atom is -0.330 e. The van der Waals surface area contributed by atoms with Crippen molar-refractivity contribution in [3.05, 3.63) is 35.9 Å². The highest BCUT2D eigenvalue weighted by Gasteiger charge is 2.17. The van der Waals surface area contributed by atoms with E-state index in [1.165, 1.54) is 0 Å². The van der Waals surface area contributed by atoms with Crippen molar-refractivity contribution in [3.63, 3.8) is 0 Å². The summed E-state index contributed by atoms with van der Waals surface area (Å²) in [6.45, 7) is 4.71. The second-order valence-electron chi connectivity index (χ2n) is 4.69. The van der Waals surface area contributed by atoms with Gasteiger partial charge in [0.25, 0.3) is 0 Å². The average molecular weight is 219 g/mol. The van der Waals surface area contributed by atoms with Gasteiger partial charge in [-0.15, -0.1) is 0 Å². The quantitative estimate of drug-likeness (QED) is 0.798. The topological polar surface area (TPSA) is 43.1 Å². The Hall–Kier alpha value is -1.15. The minimum absolute atomic E-state index is 0.0141. The predicted octanol–water partition coefficient (Wildman–Crippen LogP) is 2.42. The first-order valence-corrected chi connectivity index (χ1v) is 5.90. The van der Waals surface area contributed by atoms with Crippen molar-refractivity contribution >= 4 is 5.78 Å². The molecule has 2 N–H and O–H groups in total. The third-order valence-electron chi connectivity index (χ3n) is 2.72. The van der Waals surface area contributed by atoms with E-state index in [2.05, 4.69) is 13.8 Å². The molecule has 1 unspecified atom stereocenters. The van der Waals surface area contributed by atoms with Gasteiger partial charge in [-0.05, 0) is 17.9 Å². The van der Waals surface area contributed by atoms with Crippen LogP contribution in [0.15, 0.2) is 30.3 Å². The fourth-order valence-corrected chi connectivity index (χ4v) is 1.87. The SMILES string of the molecule is CC(C)CC(CN)C(=O)Cc1ccccc1. The van der Waals surface area contributed by atoms with Gasteiger partial charge in [0.15, 0.2) is 0 Å². The van der Waals surface area contributed by atoms with Crippen LogP contribution in [-0.4, -0.2) is 12.3 Å². The Morgan fingerprint density at radius 1 is 1.25 bits per heavy atom. The van der Waals surface area contributed by atoms with Crippen molar-refractivity contribution in [1.29, 1.82) is 0 Å². The van der Waals surface area contributed by atoms with E-state index in [0.717, 1.165) is 12.0 Å². The summed E-state index contributed by atoms with van der Waals surface area (Å²) in [5, 5.41) is 0. The summed E-state index contributed by atoms with van der Waals surface area (Å²) >= 11 is 0. The first-order valence-electron chi connectivity index (χ1n) is 5.90. The summed E-state index contributed by atoms with van der Waals surface area (Å²) in [5.74, 6) is 0.802. The van der Waals surface area contributed by atoms with Crippen LogP contribution in [0.2, 0.25) is 0 Å². The largest absolute Gasteiger partial charge is 0.330 e. The lowest BCUT2D eigenvalue weighted by atomic mass is 9.90. The maximum atomic E-state index is 12.0. The number of Topliss-reactive ketones (excluding diaryl/α,β-unsaturated/α-hetero) is 1. The highest BCUT2D eigenvalue weighted by molar-refractivity contribution is 5.83. The van der Waals surface area contributed by atoms with E-state index in [0.29, 0.717) is 18.9 Å². The lowest BCUT2D eigenvalue weighted by Gasteiger charge is -2.15. The van der Waals surface area contributed by atoms with Crippen LogP contribution in [0.25, 0.3) is 0 Å². The normalized spacial score (nSPS) is 12.8. The molecule has 0 radical (unpaired) electrons. The Morgan fingerprint density at radius 3 is 2.38 bits per heavy atom. The summed E-state index contributed by atoms with van der Waals surface area (Å²) in [6, 6.07) is 9.86. The zero-order valence-corrected chi connectivity index (χ0v) is 10.1. The first kappa shape index (κ1) is 12.9. The number of rotatable bonds is 6. The molecule has 1 aromatic rings. The molecule has 0 heterocycles. The van der Waals surface area contributed by atoms with Crippen LogP contribution in [0.3, 0.4) is 0 Å². The molecule has 0 fully saturated rings. The van der Waals surface area contributed by atoms with Gasteiger partial charge in [0.2, 0.25) is 0 Å². The number of carbonyl (C=O) groups is 1. The third-order valence-corrected chi connectivity index (χ3v) is 2.72. The molecule has 1 rings (SSSR count). The fourth-order valence-electron chi connectivity index (χ4n) is 1.87. The molecule has 0 aliphatic carbocycles. The molecule has 1 aromatic carbocycles. The van der Waals surface area contributed by atoms with Gasteiger partial charge in [-0.1, -0.05) is 44.2 Å². The van der Waals surface area contributed by atoms with E-state index in [1.807, 2.05) is 30.3 Å². The zero-order chi connectivity index (χ0) is 12.0. The van der Waals surface area contributed by atoms with Crippen molar-refractivity contribution in [3.8, 4) is 0 Å². The molecule has 0 saturated carbocycles. The smallest absolute Gasteiger partial charge is 0.141 e. The summed E-state index contributed by atoms with van der Waals surface area (Å²) in [4.78, 5) is 12.0. The molecule has 0 aliphatic rings. The van der Waals surface area contributed by atoms with Gasteiger partial charge < -0.3 is 5.73 Å². The van der Waals surface area contributed by atoms with Crippen molar-refractivity contribution in [2.45, 2.75) is 26.7 Å². The number of ketones is 1. The molecule has 0 amide bonds. The van der Waals surface area contributed by atoms with Gasteiger partial charge in [0.1, 0.15) is 5.78 Å². The molecule has 1 atom stereocenters. The Kier molecular flexibility index (Phi) is 5.20. The van der Waals surface area contributed by atoms with Gasteiger partial charge in [-0.25, -0.2) is 0 Å². The van der Waals surface area contributed by atoms with Crippen LogP contribution in [0.1, 0.15) is 25.8 Å². The van der Waals surface area contributed by atoms with Gasteiger partial charge in [0.05, 0.1) is 0 Å². The van der Waals surface area contributed by atoms with Gasteiger partial charge in [-0.3, -0.25) is 4.79 Å². The van der Waals surface area contributed by atoms with Crippen LogP contribution < -0.4 is 5.73 Å². The van der Waals surface area contributed by atoms with E-state index in [4.69, 9.17) is 5.73 Å². The molecule has 88 valence electrons. The highest BCUT2D eigenvalue weighted by atomic mass is 16.1. The summed E-state index contributed by atoms with van der Waals surface area (Å²) in [7, 11) is 0. The standard InChI is InChI=1S/C14H21NO/c1-11(2)8-13(10-15)14(16)9-12-6-4-3-5-7-12/h3-7,11,13H,8-10,15H2,1-2H3. The monoisotopic (exact) mass is 219 g/mol. The first-order chi connectivity index (χ1) is 7.63. The van der Waals surface area contributed by atoms with Crippen molar-refractivity contribution < 1.29 is 4.79 Å². The predicted molar refractivity (Wildman–Crippen MR) is 67.2 cm³/mol. The van der Waals surface area contributed by atoms with Crippen molar-refractivity contribution in [2.75, 3.05) is 6.54 Å². The molecular formula is C14H21NO. The summed E-state index contributed by atoms with van der Waals surface area (Å²) in [6.07, 6.45) is 1.40. The number of hydrogen-bond acceptors (Lipinski definition) is 2. The zero-order valence-electron chi connectivity index (χ0n) is 10.1. The average Bonchev–Trinajstić information content (AvgIpc) is 2.26. The minimum atomic E-state index is 0.0141. The molecule has 16 heavy (non-hydrogen) atoms. The van der Waals surface area contributed by atoms with E-state index in [9.17, 15) is 4.79 Å². The molecule has 0 saturated heterocycles. The number of benzene rings is 1.